The van der Waals surface area contributed by atoms with Crippen molar-refractivity contribution in [3.63, 3.8) is 0 Å². The first-order chi connectivity index (χ1) is 14.5. The fourth-order valence-electron chi connectivity index (χ4n) is 5.75. The molecular formula is C25H35N3O2. The minimum Gasteiger partial charge on any atom is -0.388 e. The maximum atomic E-state index is 13.3. The van der Waals surface area contributed by atoms with Crippen LogP contribution in [-0.4, -0.2) is 42.4 Å². The summed E-state index contributed by atoms with van der Waals surface area (Å²) < 4.78 is 0. The monoisotopic (exact) mass is 409 g/mol. The Morgan fingerprint density at radius 2 is 2.03 bits per heavy atom. The number of hydrogen-bond acceptors (Lipinski definition) is 4. The molecule has 3 fully saturated rings. The summed E-state index contributed by atoms with van der Waals surface area (Å²) in [7, 11) is 1.90. The van der Waals surface area contributed by atoms with Crippen molar-refractivity contribution in [3.8, 4) is 0 Å². The molecule has 5 heteroatoms. The zero-order valence-corrected chi connectivity index (χ0v) is 18.3. The number of nitrogens with zero attached hydrogens (tertiary/aromatic N) is 1. The normalized spacial score (nSPS) is 27.1. The van der Waals surface area contributed by atoms with Crippen LogP contribution in [0.5, 0.6) is 0 Å². The van der Waals surface area contributed by atoms with Crippen LogP contribution in [0.3, 0.4) is 0 Å². The van der Waals surface area contributed by atoms with Crippen molar-refractivity contribution in [2.24, 2.45) is 17.8 Å². The number of amides is 1. The Bertz CT molecular complexity index is 817. The molecule has 1 saturated heterocycles. The summed E-state index contributed by atoms with van der Waals surface area (Å²) in [6, 6.07) is 6.45. The molecule has 2 aliphatic carbocycles. The molecule has 4 unspecified atom stereocenters. The number of nitrogens with one attached hydrogen (secondary N) is 2. The van der Waals surface area contributed by atoms with E-state index in [1.165, 1.54) is 18.4 Å². The van der Waals surface area contributed by atoms with Crippen molar-refractivity contribution in [3.05, 3.63) is 29.3 Å². The summed E-state index contributed by atoms with van der Waals surface area (Å²) in [5, 5.41) is 12.2. The van der Waals surface area contributed by atoms with Crippen LogP contribution in [0.1, 0.15) is 75.3 Å². The molecule has 0 radical (unpaired) electrons. The summed E-state index contributed by atoms with van der Waals surface area (Å²) in [4.78, 5) is 26.9. The molecule has 1 aromatic carbocycles. The van der Waals surface area contributed by atoms with E-state index in [4.69, 9.17) is 5.41 Å². The highest BCUT2D eigenvalue weighted by Gasteiger charge is 2.41. The molecular weight excluding hydrogens is 374 g/mol. The fourth-order valence-corrected chi connectivity index (χ4v) is 5.75. The van der Waals surface area contributed by atoms with E-state index in [0.717, 1.165) is 56.2 Å². The van der Waals surface area contributed by atoms with E-state index in [1.807, 2.05) is 20.0 Å². The van der Waals surface area contributed by atoms with Crippen molar-refractivity contribution in [1.29, 1.82) is 5.41 Å². The second-order valence-corrected chi connectivity index (χ2v) is 9.50. The quantitative estimate of drug-likeness (QED) is 0.510. The Balaban J connectivity index is 1.49. The van der Waals surface area contributed by atoms with E-state index < -0.39 is 0 Å². The average molecular weight is 410 g/mol. The number of likely N-dealkylation sites (tertiary alicyclic amines) is 1. The average Bonchev–Trinajstić information content (AvgIpc) is 3.62. The lowest BCUT2D eigenvalue weighted by atomic mass is 9.71. The Hall–Kier alpha value is -2.17. The van der Waals surface area contributed by atoms with Gasteiger partial charge in [-0.3, -0.25) is 4.79 Å². The number of aldehydes is 1. The first-order valence-electron chi connectivity index (χ1n) is 11.7. The van der Waals surface area contributed by atoms with Gasteiger partial charge >= 0.3 is 0 Å². The number of anilines is 1. The molecule has 0 aromatic heterocycles. The lowest BCUT2D eigenvalue weighted by molar-refractivity contribution is -0.140. The number of fused-ring (bicyclic) bond motifs is 1. The summed E-state index contributed by atoms with van der Waals surface area (Å²) in [5.41, 5.74) is 3.81. The molecule has 4 rings (SSSR count). The molecule has 3 aliphatic rings. The van der Waals surface area contributed by atoms with Crippen LogP contribution in [-0.2, 0) is 9.59 Å². The lowest BCUT2D eigenvalue weighted by Crippen LogP contribution is -2.52. The van der Waals surface area contributed by atoms with E-state index in [-0.39, 0.29) is 23.8 Å². The van der Waals surface area contributed by atoms with Crippen molar-refractivity contribution in [1.82, 2.24) is 4.90 Å². The smallest absolute Gasteiger partial charge is 0.223 e. The third kappa shape index (κ3) is 4.03. The molecule has 1 heterocycles. The van der Waals surface area contributed by atoms with Gasteiger partial charge in [0, 0.05) is 54.9 Å². The van der Waals surface area contributed by atoms with Crippen molar-refractivity contribution in [2.45, 2.75) is 70.3 Å². The van der Waals surface area contributed by atoms with E-state index >= 15 is 0 Å². The molecule has 2 N–H and O–H groups in total. The topological polar surface area (TPSA) is 73.3 Å². The minimum atomic E-state index is -0.129. The van der Waals surface area contributed by atoms with Gasteiger partial charge in [-0.15, -0.1) is 0 Å². The van der Waals surface area contributed by atoms with E-state index in [9.17, 15) is 9.59 Å². The Labute approximate surface area is 180 Å². The van der Waals surface area contributed by atoms with Crippen LogP contribution in [0.25, 0.3) is 0 Å². The van der Waals surface area contributed by atoms with Gasteiger partial charge < -0.3 is 20.4 Å². The van der Waals surface area contributed by atoms with Gasteiger partial charge in [-0.25, -0.2) is 0 Å². The molecule has 2 saturated carbocycles. The van der Waals surface area contributed by atoms with Gasteiger partial charge in [-0.2, -0.15) is 0 Å². The first-order valence-corrected chi connectivity index (χ1v) is 11.7. The van der Waals surface area contributed by atoms with Gasteiger partial charge in [-0.1, -0.05) is 25.5 Å². The number of piperidine rings is 1. The van der Waals surface area contributed by atoms with Crippen molar-refractivity contribution >= 4 is 23.6 Å². The standard InChI is InChI=1S/C25H35N3O2/c1-16(25(26)24-20(17-11-12-17)7-4-9-21(24)27-2)14-23(30)28-13-5-8-19-18(15-29)6-3-10-22(19)28/h4,7,9,15-19,22,26-27H,3,5-6,8,10-14H2,1-2H3. The number of benzene rings is 1. The molecule has 4 atom stereocenters. The number of carbonyl (C=O) groups excluding carboxylic acids is 2. The third-order valence-electron chi connectivity index (χ3n) is 7.54. The molecule has 162 valence electrons. The van der Waals surface area contributed by atoms with Crippen LogP contribution in [0, 0.1) is 23.2 Å². The summed E-state index contributed by atoms with van der Waals surface area (Å²) in [6.45, 7) is 2.81. The lowest BCUT2D eigenvalue weighted by Gasteiger charge is -2.46. The van der Waals surface area contributed by atoms with Gasteiger partial charge in [0.1, 0.15) is 6.29 Å². The zero-order valence-electron chi connectivity index (χ0n) is 18.3. The van der Waals surface area contributed by atoms with Crippen LogP contribution in [0.2, 0.25) is 0 Å². The Morgan fingerprint density at radius 1 is 1.23 bits per heavy atom. The Kier molecular flexibility index (Phi) is 6.26. The molecule has 0 bridgehead atoms. The predicted molar refractivity (Wildman–Crippen MR) is 120 cm³/mol. The highest BCUT2D eigenvalue weighted by atomic mass is 16.2. The second kappa shape index (κ2) is 8.91. The van der Waals surface area contributed by atoms with E-state index in [2.05, 4.69) is 22.3 Å². The van der Waals surface area contributed by atoms with E-state index in [0.29, 0.717) is 24.0 Å². The van der Waals surface area contributed by atoms with Crippen LogP contribution in [0.15, 0.2) is 18.2 Å². The molecule has 1 aromatic rings. The fraction of sp³-hybridized carbons (Fsp3) is 0.640. The van der Waals surface area contributed by atoms with Crippen molar-refractivity contribution < 1.29 is 9.59 Å². The summed E-state index contributed by atoms with van der Waals surface area (Å²) >= 11 is 0. The van der Waals surface area contributed by atoms with Gasteiger partial charge in [0.05, 0.1) is 0 Å². The van der Waals surface area contributed by atoms with Crippen molar-refractivity contribution in [2.75, 3.05) is 18.9 Å². The van der Waals surface area contributed by atoms with E-state index in [1.54, 1.807) is 0 Å². The molecule has 1 aliphatic heterocycles. The van der Waals surface area contributed by atoms with Gasteiger partial charge in [0.25, 0.3) is 0 Å². The highest BCUT2D eigenvalue weighted by Crippen LogP contribution is 2.44. The van der Waals surface area contributed by atoms with Crippen LogP contribution in [0.4, 0.5) is 5.69 Å². The van der Waals surface area contributed by atoms with Crippen LogP contribution < -0.4 is 5.32 Å². The van der Waals surface area contributed by atoms with Gasteiger partial charge in [0.2, 0.25) is 5.91 Å². The highest BCUT2D eigenvalue weighted by molar-refractivity contribution is 6.07. The van der Waals surface area contributed by atoms with Gasteiger partial charge in [0.15, 0.2) is 0 Å². The first kappa shape index (κ1) is 21.1. The number of rotatable bonds is 7. The summed E-state index contributed by atoms with van der Waals surface area (Å²) in [5.74, 6) is 1.02. The molecule has 5 nitrogen and oxygen atoms in total. The zero-order chi connectivity index (χ0) is 21.3. The third-order valence-corrected chi connectivity index (χ3v) is 7.54. The summed E-state index contributed by atoms with van der Waals surface area (Å²) in [6.07, 6.45) is 8.93. The van der Waals surface area contributed by atoms with Gasteiger partial charge in [-0.05, 0) is 62.0 Å². The molecule has 1 amide bonds. The molecule has 30 heavy (non-hydrogen) atoms. The molecule has 0 spiro atoms. The Morgan fingerprint density at radius 3 is 2.73 bits per heavy atom. The van der Waals surface area contributed by atoms with Crippen LogP contribution >= 0.6 is 0 Å². The minimum absolute atomic E-state index is 0.110. The number of carbonyl (C=O) groups is 2. The largest absolute Gasteiger partial charge is 0.388 e. The second-order valence-electron chi connectivity index (χ2n) is 9.50. The SMILES string of the molecule is CNc1cccc(C2CC2)c1C(=N)C(C)CC(=O)N1CCCC2C(C=O)CCCC21. The maximum Gasteiger partial charge on any atom is 0.223 e. The predicted octanol–water partition coefficient (Wildman–Crippen LogP) is 4.61. The number of hydrogen-bond donors (Lipinski definition) is 2. The maximum absolute atomic E-state index is 13.3.